The highest BCUT2D eigenvalue weighted by molar-refractivity contribution is 5.04. The van der Waals surface area contributed by atoms with E-state index in [1.807, 2.05) is 6.20 Å². The van der Waals surface area contributed by atoms with Crippen LogP contribution in [0, 0.1) is 6.92 Å². The maximum Gasteiger partial charge on any atom is 0.105 e. The van der Waals surface area contributed by atoms with Gasteiger partial charge in [0.05, 0.1) is 5.69 Å². The van der Waals surface area contributed by atoms with E-state index in [0.717, 1.165) is 31.9 Å². The van der Waals surface area contributed by atoms with Crippen LogP contribution in [0.3, 0.4) is 0 Å². The van der Waals surface area contributed by atoms with Gasteiger partial charge in [-0.25, -0.2) is 4.98 Å². The first-order valence-corrected chi connectivity index (χ1v) is 5.51. The predicted molar refractivity (Wildman–Crippen MR) is 59.3 cm³/mol. The molecule has 0 aromatic carbocycles. The zero-order chi connectivity index (χ0) is 10.4. The zero-order valence-electron chi connectivity index (χ0n) is 9.51. The second-order valence-electron chi connectivity index (χ2n) is 3.63. The van der Waals surface area contributed by atoms with E-state index in [4.69, 9.17) is 0 Å². The summed E-state index contributed by atoms with van der Waals surface area (Å²) in [5.74, 6) is 1.13. The molecular weight excluding hydrogens is 174 g/mol. The van der Waals surface area contributed by atoms with Crippen molar-refractivity contribution in [2.75, 3.05) is 6.54 Å². The standard InChI is InChI=1S/C11H21N3/c1-4-6-12-8-11-9-13-10(3)14(11)7-5-2/h9,12H,4-8H2,1-3H3. The first-order chi connectivity index (χ1) is 6.79. The molecule has 0 aliphatic carbocycles. The van der Waals surface area contributed by atoms with Crippen molar-refractivity contribution in [3.63, 3.8) is 0 Å². The van der Waals surface area contributed by atoms with Crippen molar-refractivity contribution in [2.45, 2.75) is 46.7 Å². The van der Waals surface area contributed by atoms with Crippen molar-refractivity contribution >= 4 is 0 Å². The van der Waals surface area contributed by atoms with E-state index in [2.05, 4.69) is 35.6 Å². The summed E-state index contributed by atoms with van der Waals surface area (Å²) in [5, 5.41) is 3.40. The Hall–Kier alpha value is -0.830. The summed E-state index contributed by atoms with van der Waals surface area (Å²) in [6, 6.07) is 0. The maximum absolute atomic E-state index is 4.34. The number of nitrogens with one attached hydrogen (secondary N) is 1. The van der Waals surface area contributed by atoms with Crippen LogP contribution in [0.5, 0.6) is 0 Å². The minimum atomic E-state index is 0.939. The number of rotatable bonds is 6. The van der Waals surface area contributed by atoms with E-state index in [0.29, 0.717) is 0 Å². The van der Waals surface area contributed by atoms with Gasteiger partial charge in [0.15, 0.2) is 0 Å². The Morgan fingerprint density at radius 1 is 1.36 bits per heavy atom. The first kappa shape index (κ1) is 11.2. The molecule has 80 valence electrons. The Balaban J connectivity index is 2.56. The third kappa shape index (κ3) is 2.84. The Morgan fingerprint density at radius 2 is 2.14 bits per heavy atom. The Kier molecular flexibility index (Phi) is 4.66. The Bertz CT molecular complexity index is 265. The fourth-order valence-corrected chi connectivity index (χ4v) is 1.58. The molecule has 0 unspecified atom stereocenters. The van der Waals surface area contributed by atoms with E-state index < -0.39 is 0 Å². The number of aromatic nitrogens is 2. The van der Waals surface area contributed by atoms with Gasteiger partial charge in [-0.15, -0.1) is 0 Å². The number of nitrogens with zero attached hydrogens (tertiary/aromatic N) is 2. The molecule has 0 radical (unpaired) electrons. The molecule has 14 heavy (non-hydrogen) atoms. The van der Waals surface area contributed by atoms with Crippen LogP contribution in [0.25, 0.3) is 0 Å². The number of hydrogen-bond donors (Lipinski definition) is 1. The highest BCUT2D eigenvalue weighted by Gasteiger charge is 2.04. The van der Waals surface area contributed by atoms with Gasteiger partial charge in [-0.3, -0.25) is 0 Å². The van der Waals surface area contributed by atoms with Gasteiger partial charge in [0.25, 0.3) is 0 Å². The smallest absolute Gasteiger partial charge is 0.105 e. The van der Waals surface area contributed by atoms with Crippen LogP contribution in [-0.2, 0) is 13.1 Å². The number of hydrogen-bond acceptors (Lipinski definition) is 2. The molecule has 3 heteroatoms. The van der Waals surface area contributed by atoms with E-state index in [1.165, 1.54) is 12.1 Å². The normalized spacial score (nSPS) is 10.8. The summed E-state index contributed by atoms with van der Waals surface area (Å²) >= 11 is 0. The molecule has 1 aromatic heterocycles. The minimum Gasteiger partial charge on any atom is -0.331 e. The average molecular weight is 195 g/mol. The largest absolute Gasteiger partial charge is 0.331 e. The highest BCUT2D eigenvalue weighted by atomic mass is 15.1. The molecular formula is C11H21N3. The monoisotopic (exact) mass is 195 g/mol. The van der Waals surface area contributed by atoms with Gasteiger partial charge in [0.1, 0.15) is 5.82 Å². The number of imidazole rings is 1. The molecule has 0 amide bonds. The number of aryl methyl sites for hydroxylation is 1. The van der Waals surface area contributed by atoms with Crippen LogP contribution in [0.4, 0.5) is 0 Å². The lowest BCUT2D eigenvalue weighted by Crippen LogP contribution is -2.17. The second-order valence-corrected chi connectivity index (χ2v) is 3.63. The van der Waals surface area contributed by atoms with Crippen LogP contribution >= 0.6 is 0 Å². The quantitative estimate of drug-likeness (QED) is 0.704. The molecule has 0 saturated carbocycles. The molecule has 0 fully saturated rings. The lowest BCUT2D eigenvalue weighted by molar-refractivity contribution is 0.588. The van der Waals surface area contributed by atoms with Crippen molar-refractivity contribution in [1.82, 2.24) is 14.9 Å². The molecule has 0 atom stereocenters. The molecule has 3 nitrogen and oxygen atoms in total. The van der Waals surface area contributed by atoms with Gasteiger partial charge in [-0.1, -0.05) is 13.8 Å². The first-order valence-electron chi connectivity index (χ1n) is 5.51. The molecule has 1 rings (SSSR count). The van der Waals surface area contributed by atoms with Gasteiger partial charge < -0.3 is 9.88 Å². The van der Waals surface area contributed by atoms with Gasteiger partial charge in [-0.05, 0) is 26.3 Å². The van der Waals surface area contributed by atoms with E-state index in [1.54, 1.807) is 0 Å². The van der Waals surface area contributed by atoms with Crippen LogP contribution in [0.1, 0.15) is 38.2 Å². The van der Waals surface area contributed by atoms with Gasteiger partial charge in [0.2, 0.25) is 0 Å². The fourth-order valence-electron chi connectivity index (χ4n) is 1.58. The van der Waals surface area contributed by atoms with Crippen molar-refractivity contribution in [1.29, 1.82) is 0 Å². The van der Waals surface area contributed by atoms with Crippen molar-refractivity contribution in [3.05, 3.63) is 17.7 Å². The fraction of sp³-hybridized carbons (Fsp3) is 0.727. The lowest BCUT2D eigenvalue weighted by atomic mass is 10.4. The summed E-state index contributed by atoms with van der Waals surface area (Å²) in [4.78, 5) is 4.34. The third-order valence-electron chi connectivity index (χ3n) is 2.32. The Morgan fingerprint density at radius 3 is 2.79 bits per heavy atom. The second kappa shape index (κ2) is 5.81. The van der Waals surface area contributed by atoms with Crippen LogP contribution in [0.15, 0.2) is 6.20 Å². The van der Waals surface area contributed by atoms with Crippen molar-refractivity contribution in [3.8, 4) is 0 Å². The Labute approximate surface area is 86.5 Å². The molecule has 0 aliphatic heterocycles. The average Bonchev–Trinajstić information content (AvgIpc) is 2.51. The van der Waals surface area contributed by atoms with Crippen LogP contribution < -0.4 is 5.32 Å². The summed E-state index contributed by atoms with van der Waals surface area (Å²) in [6.07, 6.45) is 4.33. The molecule has 0 bridgehead atoms. The molecule has 0 aliphatic rings. The predicted octanol–water partition coefficient (Wildman–Crippen LogP) is 2.10. The zero-order valence-corrected chi connectivity index (χ0v) is 9.51. The third-order valence-corrected chi connectivity index (χ3v) is 2.32. The summed E-state index contributed by atoms with van der Waals surface area (Å²) in [5.41, 5.74) is 1.30. The molecule has 0 spiro atoms. The van der Waals surface area contributed by atoms with Crippen LogP contribution in [0.2, 0.25) is 0 Å². The van der Waals surface area contributed by atoms with Crippen LogP contribution in [-0.4, -0.2) is 16.1 Å². The van der Waals surface area contributed by atoms with Crippen molar-refractivity contribution in [2.24, 2.45) is 0 Å². The molecule has 1 aromatic rings. The maximum atomic E-state index is 4.34. The van der Waals surface area contributed by atoms with Gasteiger partial charge in [0, 0.05) is 19.3 Å². The van der Waals surface area contributed by atoms with E-state index in [9.17, 15) is 0 Å². The topological polar surface area (TPSA) is 29.9 Å². The molecule has 0 saturated heterocycles. The summed E-state index contributed by atoms with van der Waals surface area (Å²) < 4.78 is 2.29. The van der Waals surface area contributed by atoms with E-state index >= 15 is 0 Å². The summed E-state index contributed by atoms with van der Waals surface area (Å²) in [7, 11) is 0. The summed E-state index contributed by atoms with van der Waals surface area (Å²) in [6.45, 7) is 9.54. The lowest BCUT2D eigenvalue weighted by Gasteiger charge is -2.09. The van der Waals surface area contributed by atoms with Gasteiger partial charge in [-0.2, -0.15) is 0 Å². The SMILES string of the molecule is CCCNCc1cnc(C)n1CCC. The highest BCUT2D eigenvalue weighted by Crippen LogP contribution is 2.05. The molecule has 1 N–H and O–H groups in total. The van der Waals surface area contributed by atoms with Gasteiger partial charge >= 0.3 is 0 Å². The van der Waals surface area contributed by atoms with E-state index in [-0.39, 0.29) is 0 Å². The van der Waals surface area contributed by atoms with Crippen molar-refractivity contribution < 1.29 is 0 Å². The minimum absolute atomic E-state index is 0.939. The molecule has 1 heterocycles.